The van der Waals surface area contributed by atoms with Crippen molar-refractivity contribution in [3.63, 3.8) is 0 Å². The first kappa shape index (κ1) is 15.0. The SMILES string of the molecule is CC1=CC(C)C(=NC(C)(C)C)C(C2=CC(C)C=C2C)=C1. The summed E-state index contributed by atoms with van der Waals surface area (Å²) in [5, 5.41) is 0. The van der Waals surface area contributed by atoms with Crippen LogP contribution < -0.4 is 0 Å². The summed E-state index contributed by atoms with van der Waals surface area (Å²) in [7, 11) is 0. The van der Waals surface area contributed by atoms with Crippen LogP contribution in [0, 0.1) is 11.8 Å². The van der Waals surface area contributed by atoms with E-state index in [-0.39, 0.29) is 5.54 Å². The monoisotopic (exact) mass is 269 g/mol. The largest absolute Gasteiger partial charge is 0.283 e. The van der Waals surface area contributed by atoms with Crippen LogP contribution in [-0.2, 0) is 0 Å². The Balaban J connectivity index is 2.52. The van der Waals surface area contributed by atoms with Crippen molar-refractivity contribution in [1.82, 2.24) is 0 Å². The molecule has 0 aliphatic heterocycles. The summed E-state index contributed by atoms with van der Waals surface area (Å²) < 4.78 is 0. The Morgan fingerprint density at radius 3 is 2.10 bits per heavy atom. The van der Waals surface area contributed by atoms with Gasteiger partial charge in [-0.1, -0.05) is 37.6 Å². The molecule has 0 N–H and O–H groups in total. The van der Waals surface area contributed by atoms with Crippen molar-refractivity contribution in [3.8, 4) is 0 Å². The molecule has 2 aliphatic rings. The topological polar surface area (TPSA) is 12.4 Å². The highest BCUT2D eigenvalue weighted by Crippen LogP contribution is 2.35. The number of aliphatic imine (C=N–C) groups is 1. The standard InChI is InChI=1S/C19H27N/c1-12-8-14(3)16(10-12)17-11-13(2)9-15(4)18(17)20-19(5,6)7/h8-12,15H,1-7H3. The van der Waals surface area contributed by atoms with Crippen LogP contribution in [-0.4, -0.2) is 11.3 Å². The average molecular weight is 269 g/mol. The second-order valence-corrected chi connectivity index (χ2v) is 7.21. The van der Waals surface area contributed by atoms with Gasteiger partial charge in [0.05, 0.1) is 5.54 Å². The van der Waals surface area contributed by atoms with Crippen molar-refractivity contribution < 1.29 is 0 Å². The average Bonchev–Trinajstić information content (AvgIpc) is 2.60. The van der Waals surface area contributed by atoms with E-state index in [0.717, 1.165) is 0 Å². The molecule has 20 heavy (non-hydrogen) atoms. The summed E-state index contributed by atoms with van der Waals surface area (Å²) in [4.78, 5) is 5.01. The number of hydrogen-bond acceptors (Lipinski definition) is 1. The van der Waals surface area contributed by atoms with E-state index in [0.29, 0.717) is 11.8 Å². The molecule has 0 saturated heterocycles. The lowest BCUT2D eigenvalue weighted by Crippen LogP contribution is -2.23. The van der Waals surface area contributed by atoms with E-state index in [4.69, 9.17) is 4.99 Å². The van der Waals surface area contributed by atoms with Crippen LogP contribution in [0.1, 0.15) is 48.5 Å². The van der Waals surface area contributed by atoms with Crippen LogP contribution in [0.5, 0.6) is 0 Å². The Morgan fingerprint density at radius 2 is 1.60 bits per heavy atom. The molecule has 0 heterocycles. The van der Waals surface area contributed by atoms with Crippen LogP contribution in [0.25, 0.3) is 0 Å². The minimum Gasteiger partial charge on any atom is -0.283 e. The van der Waals surface area contributed by atoms with E-state index in [1.54, 1.807) is 0 Å². The molecule has 2 rings (SSSR count). The first-order valence-corrected chi connectivity index (χ1v) is 7.58. The zero-order valence-corrected chi connectivity index (χ0v) is 13.9. The van der Waals surface area contributed by atoms with Gasteiger partial charge in [-0.25, -0.2) is 0 Å². The molecule has 1 heteroatoms. The normalized spacial score (nSPS) is 29.1. The van der Waals surface area contributed by atoms with Crippen LogP contribution in [0.4, 0.5) is 0 Å². The maximum Gasteiger partial charge on any atom is 0.0527 e. The molecule has 0 aromatic heterocycles. The Bertz CT molecular complexity index is 559. The number of hydrogen-bond donors (Lipinski definition) is 0. The Labute approximate surface area is 123 Å². The maximum atomic E-state index is 5.01. The van der Waals surface area contributed by atoms with Crippen molar-refractivity contribution in [2.24, 2.45) is 16.8 Å². The molecule has 0 amide bonds. The third-order valence-corrected chi connectivity index (χ3v) is 3.71. The van der Waals surface area contributed by atoms with Crippen molar-refractivity contribution in [2.45, 2.75) is 54.0 Å². The highest BCUT2D eigenvalue weighted by atomic mass is 14.8. The summed E-state index contributed by atoms with van der Waals surface area (Å²) in [6, 6.07) is 0. The van der Waals surface area contributed by atoms with Gasteiger partial charge in [-0.15, -0.1) is 0 Å². The van der Waals surface area contributed by atoms with E-state index in [9.17, 15) is 0 Å². The molecule has 0 aromatic rings. The Morgan fingerprint density at radius 1 is 0.950 bits per heavy atom. The lowest BCUT2D eigenvalue weighted by Gasteiger charge is -2.26. The Hall–Kier alpha value is -1.37. The molecule has 0 bridgehead atoms. The molecule has 2 unspecified atom stereocenters. The van der Waals surface area contributed by atoms with Gasteiger partial charge in [0.2, 0.25) is 0 Å². The minimum absolute atomic E-state index is 0.0375. The fourth-order valence-electron chi connectivity index (χ4n) is 3.04. The maximum absolute atomic E-state index is 5.01. The summed E-state index contributed by atoms with van der Waals surface area (Å²) in [6.45, 7) is 15.4. The van der Waals surface area contributed by atoms with Crippen molar-refractivity contribution >= 4 is 5.71 Å². The summed E-state index contributed by atoms with van der Waals surface area (Å²) >= 11 is 0. The molecule has 0 fully saturated rings. The molecule has 108 valence electrons. The van der Waals surface area contributed by atoms with E-state index in [2.05, 4.69) is 72.8 Å². The molecule has 1 nitrogen and oxygen atoms in total. The van der Waals surface area contributed by atoms with Crippen molar-refractivity contribution in [2.75, 3.05) is 0 Å². The molecule has 2 atom stereocenters. The fourth-order valence-corrected chi connectivity index (χ4v) is 3.04. The van der Waals surface area contributed by atoms with Crippen LogP contribution in [0.15, 0.2) is 51.6 Å². The van der Waals surface area contributed by atoms with Gasteiger partial charge in [-0.3, -0.25) is 4.99 Å². The molecule has 0 radical (unpaired) electrons. The highest BCUT2D eigenvalue weighted by Gasteiger charge is 2.25. The van der Waals surface area contributed by atoms with Gasteiger partial charge in [-0.05, 0) is 57.8 Å². The zero-order chi connectivity index (χ0) is 15.1. The lowest BCUT2D eigenvalue weighted by atomic mass is 9.84. The predicted molar refractivity (Wildman–Crippen MR) is 89.2 cm³/mol. The quantitative estimate of drug-likeness (QED) is 0.615. The summed E-state index contributed by atoms with van der Waals surface area (Å²) in [5.41, 5.74) is 6.62. The van der Waals surface area contributed by atoms with Gasteiger partial charge in [0.25, 0.3) is 0 Å². The van der Waals surface area contributed by atoms with E-state index in [1.165, 1.54) is 28.0 Å². The number of allylic oxidation sites excluding steroid dienone is 8. The summed E-state index contributed by atoms with van der Waals surface area (Å²) in [5.74, 6) is 0.919. The molecular weight excluding hydrogens is 242 g/mol. The smallest absolute Gasteiger partial charge is 0.0527 e. The molecule has 0 aromatic carbocycles. The lowest BCUT2D eigenvalue weighted by molar-refractivity contribution is 0.579. The van der Waals surface area contributed by atoms with Crippen LogP contribution in [0.3, 0.4) is 0 Å². The van der Waals surface area contributed by atoms with Gasteiger partial charge < -0.3 is 0 Å². The third-order valence-electron chi connectivity index (χ3n) is 3.71. The third kappa shape index (κ3) is 3.20. The first-order valence-electron chi connectivity index (χ1n) is 7.58. The molecule has 2 aliphatic carbocycles. The van der Waals surface area contributed by atoms with Gasteiger partial charge in [0.1, 0.15) is 0 Å². The predicted octanol–water partition coefficient (Wildman–Crippen LogP) is 5.27. The van der Waals surface area contributed by atoms with Crippen molar-refractivity contribution in [1.29, 1.82) is 0 Å². The van der Waals surface area contributed by atoms with E-state index in [1.807, 2.05) is 0 Å². The number of rotatable bonds is 1. The second-order valence-electron chi connectivity index (χ2n) is 7.21. The fraction of sp³-hybridized carbons (Fsp3) is 0.526. The Kier molecular flexibility index (Phi) is 3.90. The number of nitrogens with zero attached hydrogens (tertiary/aromatic N) is 1. The van der Waals surface area contributed by atoms with Gasteiger partial charge in [-0.2, -0.15) is 0 Å². The van der Waals surface area contributed by atoms with E-state index >= 15 is 0 Å². The molecule has 0 spiro atoms. The molecule has 0 saturated carbocycles. The first-order chi connectivity index (χ1) is 9.17. The van der Waals surface area contributed by atoms with Gasteiger partial charge in [0.15, 0.2) is 0 Å². The minimum atomic E-state index is -0.0375. The van der Waals surface area contributed by atoms with E-state index < -0.39 is 0 Å². The van der Waals surface area contributed by atoms with Gasteiger partial charge in [0, 0.05) is 17.2 Å². The second kappa shape index (κ2) is 5.20. The summed E-state index contributed by atoms with van der Waals surface area (Å²) in [6.07, 6.45) is 9.31. The molecular formula is C19H27N. The van der Waals surface area contributed by atoms with Crippen LogP contribution >= 0.6 is 0 Å². The zero-order valence-electron chi connectivity index (χ0n) is 13.9. The van der Waals surface area contributed by atoms with Crippen molar-refractivity contribution in [3.05, 3.63) is 46.6 Å². The highest BCUT2D eigenvalue weighted by molar-refractivity contribution is 6.09. The van der Waals surface area contributed by atoms with Gasteiger partial charge >= 0.3 is 0 Å². The van der Waals surface area contributed by atoms with Crippen LogP contribution in [0.2, 0.25) is 0 Å².